The van der Waals surface area contributed by atoms with E-state index in [1.165, 1.54) is 5.56 Å². The molecule has 0 saturated carbocycles. The fraction of sp³-hybridized carbons (Fsp3) is 0.235. The van der Waals surface area contributed by atoms with Crippen LogP contribution in [0.4, 0.5) is 5.69 Å². The van der Waals surface area contributed by atoms with Gasteiger partial charge in [-0.15, -0.1) is 11.8 Å². The van der Waals surface area contributed by atoms with E-state index >= 15 is 0 Å². The number of aryl methyl sites for hydroxylation is 1. The van der Waals surface area contributed by atoms with E-state index in [-0.39, 0.29) is 11.2 Å². The summed E-state index contributed by atoms with van der Waals surface area (Å²) in [6.45, 7) is 3.94. The molecule has 2 aromatic carbocycles. The van der Waals surface area contributed by atoms with Crippen molar-refractivity contribution in [1.82, 2.24) is 0 Å². The van der Waals surface area contributed by atoms with Crippen molar-refractivity contribution in [2.24, 2.45) is 0 Å². The van der Waals surface area contributed by atoms with E-state index in [1.54, 1.807) is 11.8 Å². The monoisotopic (exact) mass is 363 g/mol. The van der Waals surface area contributed by atoms with E-state index in [4.69, 9.17) is 0 Å². The Bertz CT molecular complexity index is 612. The van der Waals surface area contributed by atoms with Gasteiger partial charge in [0.15, 0.2) is 0 Å². The van der Waals surface area contributed by atoms with Crippen LogP contribution >= 0.6 is 27.7 Å². The first kappa shape index (κ1) is 16.1. The largest absolute Gasteiger partial charge is 0.325 e. The van der Waals surface area contributed by atoms with E-state index in [2.05, 4.69) is 33.4 Å². The molecule has 2 nitrogen and oxygen atoms in total. The maximum Gasteiger partial charge on any atom is 0.237 e. The number of thioether (sulfide) groups is 1. The Kier molecular flexibility index (Phi) is 5.88. The fourth-order valence-electron chi connectivity index (χ4n) is 1.83. The average molecular weight is 364 g/mol. The highest BCUT2D eigenvalue weighted by atomic mass is 79.9. The van der Waals surface area contributed by atoms with Crippen LogP contribution in [0.15, 0.2) is 53.0 Å². The quantitative estimate of drug-likeness (QED) is 0.807. The van der Waals surface area contributed by atoms with Gasteiger partial charge in [-0.05, 0) is 43.2 Å². The molecule has 0 radical (unpaired) electrons. The molecule has 110 valence electrons. The third-order valence-electron chi connectivity index (χ3n) is 3.19. The van der Waals surface area contributed by atoms with Gasteiger partial charge in [-0.2, -0.15) is 0 Å². The van der Waals surface area contributed by atoms with E-state index in [1.807, 2.05) is 50.2 Å². The summed E-state index contributed by atoms with van der Waals surface area (Å²) < 4.78 is 1.07. The Labute approximate surface area is 138 Å². The molecule has 0 aliphatic carbocycles. The fourth-order valence-corrected chi connectivity index (χ4v) is 2.93. The highest BCUT2D eigenvalue weighted by Crippen LogP contribution is 2.21. The summed E-state index contributed by atoms with van der Waals surface area (Å²) in [5, 5.41) is 2.90. The second-order valence-corrected chi connectivity index (χ2v) is 7.13. The van der Waals surface area contributed by atoms with Crippen molar-refractivity contribution in [2.75, 3.05) is 5.32 Å². The normalized spacial score (nSPS) is 12.0. The number of amides is 1. The SMILES string of the molecule is Cc1ccccc1NC(=O)[C@H](C)SCc1ccc(Br)cc1. The van der Waals surface area contributed by atoms with E-state index in [0.717, 1.165) is 21.5 Å². The zero-order chi connectivity index (χ0) is 15.2. The predicted octanol–water partition coefficient (Wildman–Crippen LogP) is 5.02. The molecule has 2 rings (SSSR count). The summed E-state index contributed by atoms with van der Waals surface area (Å²) in [5.41, 5.74) is 3.19. The Morgan fingerprint density at radius 3 is 2.52 bits per heavy atom. The molecule has 0 bridgehead atoms. The second kappa shape index (κ2) is 7.66. The van der Waals surface area contributed by atoms with Gasteiger partial charge < -0.3 is 5.32 Å². The van der Waals surface area contributed by atoms with Gasteiger partial charge in [0.1, 0.15) is 0 Å². The minimum Gasteiger partial charge on any atom is -0.325 e. The lowest BCUT2D eigenvalue weighted by Gasteiger charge is -2.13. The number of para-hydroxylation sites is 1. The van der Waals surface area contributed by atoms with Gasteiger partial charge in [-0.25, -0.2) is 0 Å². The van der Waals surface area contributed by atoms with Crippen LogP contribution in [-0.2, 0) is 10.5 Å². The lowest BCUT2D eigenvalue weighted by Crippen LogP contribution is -2.23. The zero-order valence-corrected chi connectivity index (χ0v) is 14.5. The maximum atomic E-state index is 12.2. The molecule has 21 heavy (non-hydrogen) atoms. The van der Waals surface area contributed by atoms with Crippen LogP contribution in [0.5, 0.6) is 0 Å². The highest BCUT2D eigenvalue weighted by molar-refractivity contribution is 9.10. The van der Waals surface area contributed by atoms with Crippen molar-refractivity contribution < 1.29 is 4.79 Å². The standard InChI is InChI=1S/C17H18BrNOS/c1-12-5-3-4-6-16(12)19-17(20)13(2)21-11-14-7-9-15(18)10-8-14/h3-10,13H,11H2,1-2H3,(H,19,20)/t13-/m0/s1. The third kappa shape index (κ3) is 4.90. The summed E-state index contributed by atoms with van der Waals surface area (Å²) in [6, 6.07) is 16.0. The maximum absolute atomic E-state index is 12.2. The van der Waals surface area contributed by atoms with Crippen molar-refractivity contribution in [3.05, 3.63) is 64.1 Å². The molecule has 0 spiro atoms. The van der Waals surface area contributed by atoms with Crippen LogP contribution in [0.1, 0.15) is 18.1 Å². The molecule has 1 N–H and O–H groups in total. The van der Waals surface area contributed by atoms with Gasteiger partial charge in [0.2, 0.25) is 5.91 Å². The lowest BCUT2D eigenvalue weighted by atomic mass is 10.2. The average Bonchev–Trinajstić information content (AvgIpc) is 2.48. The molecular formula is C17H18BrNOS. The first-order chi connectivity index (χ1) is 10.1. The Morgan fingerprint density at radius 1 is 1.19 bits per heavy atom. The zero-order valence-electron chi connectivity index (χ0n) is 12.1. The number of rotatable bonds is 5. The van der Waals surface area contributed by atoms with Crippen molar-refractivity contribution >= 4 is 39.3 Å². The Morgan fingerprint density at radius 2 is 1.86 bits per heavy atom. The second-order valence-electron chi connectivity index (χ2n) is 4.88. The number of anilines is 1. The lowest BCUT2D eigenvalue weighted by molar-refractivity contribution is -0.115. The van der Waals surface area contributed by atoms with Gasteiger partial charge in [0.05, 0.1) is 5.25 Å². The van der Waals surface area contributed by atoms with Crippen molar-refractivity contribution in [3.8, 4) is 0 Å². The summed E-state index contributed by atoms with van der Waals surface area (Å²) in [7, 11) is 0. The van der Waals surface area contributed by atoms with E-state index in [0.29, 0.717) is 0 Å². The van der Waals surface area contributed by atoms with Crippen LogP contribution in [0.2, 0.25) is 0 Å². The van der Waals surface area contributed by atoms with Gasteiger partial charge >= 0.3 is 0 Å². The topological polar surface area (TPSA) is 29.1 Å². The molecule has 0 heterocycles. The summed E-state index contributed by atoms with van der Waals surface area (Å²) in [4.78, 5) is 12.2. The molecule has 0 aromatic heterocycles. The number of carbonyl (C=O) groups is 1. The first-order valence-corrected chi connectivity index (χ1v) is 8.63. The minimum absolute atomic E-state index is 0.0476. The number of hydrogen-bond donors (Lipinski definition) is 1. The number of carbonyl (C=O) groups excluding carboxylic acids is 1. The first-order valence-electron chi connectivity index (χ1n) is 6.79. The Hall–Kier alpha value is -1.26. The predicted molar refractivity (Wildman–Crippen MR) is 94.7 cm³/mol. The minimum atomic E-state index is -0.0896. The van der Waals surface area contributed by atoms with Crippen molar-refractivity contribution in [2.45, 2.75) is 24.9 Å². The molecular weight excluding hydrogens is 346 g/mol. The molecule has 2 aromatic rings. The van der Waals surface area contributed by atoms with Crippen LogP contribution < -0.4 is 5.32 Å². The third-order valence-corrected chi connectivity index (χ3v) is 4.93. The van der Waals surface area contributed by atoms with Gasteiger partial charge in [0.25, 0.3) is 0 Å². The van der Waals surface area contributed by atoms with Crippen molar-refractivity contribution in [1.29, 1.82) is 0 Å². The molecule has 0 aliphatic rings. The number of nitrogens with one attached hydrogen (secondary N) is 1. The molecule has 0 aliphatic heterocycles. The molecule has 0 saturated heterocycles. The molecule has 1 amide bonds. The van der Waals surface area contributed by atoms with Crippen molar-refractivity contribution in [3.63, 3.8) is 0 Å². The van der Waals surface area contributed by atoms with E-state index < -0.39 is 0 Å². The molecule has 4 heteroatoms. The molecule has 1 atom stereocenters. The summed E-state index contributed by atoms with van der Waals surface area (Å²) >= 11 is 5.06. The van der Waals surface area contributed by atoms with Crippen LogP contribution in [0.3, 0.4) is 0 Å². The van der Waals surface area contributed by atoms with Gasteiger partial charge in [-0.1, -0.05) is 46.3 Å². The van der Waals surface area contributed by atoms with Gasteiger partial charge in [-0.3, -0.25) is 4.79 Å². The summed E-state index contributed by atoms with van der Waals surface area (Å²) in [5.74, 6) is 0.877. The number of halogens is 1. The molecule has 0 fully saturated rings. The van der Waals surface area contributed by atoms with Gasteiger partial charge in [0, 0.05) is 15.9 Å². The summed E-state index contributed by atoms with van der Waals surface area (Å²) in [6.07, 6.45) is 0. The van der Waals surface area contributed by atoms with Crippen LogP contribution in [0.25, 0.3) is 0 Å². The number of hydrogen-bond acceptors (Lipinski definition) is 2. The highest BCUT2D eigenvalue weighted by Gasteiger charge is 2.14. The van der Waals surface area contributed by atoms with Crippen LogP contribution in [-0.4, -0.2) is 11.2 Å². The smallest absolute Gasteiger partial charge is 0.237 e. The molecule has 0 unspecified atom stereocenters. The number of benzene rings is 2. The van der Waals surface area contributed by atoms with E-state index in [9.17, 15) is 4.79 Å². The van der Waals surface area contributed by atoms with Crippen LogP contribution in [0, 0.1) is 6.92 Å². The Balaban J connectivity index is 1.88.